The van der Waals surface area contributed by atoms with Gasteiger partial charge in [-0.25, -0.2) is 9.59 Å². The summed E-state index contributed by atoms with van der Waals surface area (Å²) >= 11 is 0. The van der Waals surface area contributed by atoms with E-state index in [9.17, 15) is 14.7 Å². The third-order valence-electron chi connectivity index (χ3n) is 4.02. The third-order valence-corrected chi connectivity index (χ3v) is 4.02. The van der Waals surface area contributed by atoms with Gasteiger partial charge in [-0.3, -0.25) is 0 Å². The molecule has 0 aromatic heterocycles. The number of carbonyl (C=O) groups excluding carboxylic acids is 1. The van der Waals surface area contributed by atoms with Gasteiger partial charge in [0.05, 0.1) is 6.61 Å². The average molecular weight is 286 g/mol. The monoisotopic (exact) mass is 286 g/mol. The molecule has 1 rings (SSSR count). The van der Waals surface area contributed by atoms with E-state index in [2.05, 4.69) is 0 Å². The summed E-state index contributed by atoms with van der Waals surface area (Å²) in [6, 6.07) is -0.874. The minimum Gasteiger partial charge on any atom is -0.480 e. The lowest BCUT2D eigenvalue weighted by Gasteiger charge is -2.35. The zero-order valence-electron chi connectivity index (χ0n) is 12.8. The lowest BCUT2D eigenvalue weighted by atomic mass is 10.1. The summed E-state index contributed by atoms with van der Waals surface area (Å²) in [5, 5.41) is 9.17. The summed E-state index contributed by atoms with van der Waals surface area (Å²) in [6.45, 7) is 4.75. The van der Waals surface area contributed by atoms with E-state index < -0.39 is 12.0 Å². The molecule has 1 N–H and O–H groups in total. The number of methoxy groups -OCH3 is 1. The van der Waals surface area contributed by atoms with E-state index in [1.807, 2.05) is 6.92 Å². The van der Waals surface area contributed by atoms with Crippen LogP contribution in [-0.2, 0) is 9.53 Å². The van der Waals surface area contributed by atoms with Crippen molar-refractivity contribution in [1.29, 1.82) is 0 Å². The number of hydrogen-bond donors (Lipinski definition) is 1. The Hall–Kier alpha value is -1.30. The number of urea groups is 1. The van der Waals surface area contributed by atoms with Crippen molar-refractivity contribution in [1.82, 2.24) is 9.80 Å². The molecule has 20 heavy (non-hydrogen) atoms. The minimum absolute atomic E-state index is 0.131. The van der Waals surface area contributed by atoms with Crippen molar-refractivity contribution in [3.05, 3.63) is 0 Å². The molecular formula is C14H26N2O4. The predicted molar refractivity (Wildman–Crippen MR) is 75.6 cm³/mol. The van der Waals surface area contributed by atoms with Crippen LogP contribution in [0.2, 0.25) is 0 Å². The molecule has 0 radical (unpaired) electrons. The van der Waals surface area contributed by atoms with E-state index in [1.165, 1.54) is 4.90 Å². The number of likely N-dealkylation sites (N-methyl/N-ethyl adjacent to an activating group) is 1. The highest BCUT2D eigenvalue weighted by Gasteiger charge is 2.37. The molecule has 6 nitrogen and oxygen atoms in total. The second-order valence-corrected chi connectivity index (χ2v) is 5.42. The molecule has 2 amide bonds. The quantitative estimate of drug-likeness (QED) is 0.736. The number of ether oxygens (including phenoxy) is 1. The van der Waals surface area contributed by atoms with Gasteiger partial charge in [0.2, 0.25) is 0 Å². The van der Waals surface area contributed by atoms with Crippen molar-refractivity contribution in [2.24, 2.45) is 5.92 Å². The normalized spacial score (nSPS) is 17.4. The maximum atomic E-state index is 12.6. The molecule has 2 unspecified atom stereocenters. The Morgan fingerprint density at radius 3 is 2.40 bits per heavy atom. The van der Waals surface area contributed by atoms with Gasteiger partial charge in [-0.15, -0.1) is 0 Å². The van der Waals surface area contributed by atoms with Gasteiger partial charge in [0, 0.05) is 26.7 Å². The molecule has 1 aliphatic carbocycles. The number of carboxylic acids is 1. The molecule has 6 heteroatoms. The van der Waals surface area contributed by atoms with E-state index in [1.54, 1.807) is 26.0 Å². The fourth-order valence-electron chi connectivity index (χ4n) is 2.45. The van der Waals surface area contributed by atoms with Gasteiger partial charge in [-0.2, -0.15) is 0 Å². The van der Waals surface area contributed by atoms with Gasteiger partial charge in [-0.1, -0.05) is 6.92 Å². The van der Waals surface area contributed by atoms with Crippen LogP contribution in [-0.4, -0.2) is 66.3 Å². The predicted octanol–water partition coefficient (Wildman–Crippen LogP) is 1.65. The molecule has 0 aromatic carbocycles. The second kappa shape index (κ2) is 7.47. The SMILES string of the molecule is CCC(C(=O)O)N(C)C(=O)N(CCOC)C(C)C1CC1. The smallest absolute Gasteiger partial charge is 0.326 e. The topological polar surface area (TPSA) is 70.1 Å². The summed E-state index contributed by atoms with van der Waals surface area (Å²) in [4.78, 5) is 26.8. The van der Waals surface area contributed by atoms with Crippen molar-refractivity contribution >= 4 is 12.0 Å². The molecule has 1 aliphatic rings. The van der Waals surface area contributed by atoms with Crippen LogP contribution in [0.1, 0.15) is 33.1 Å². The highest BCUT2D eigenvalue weighted by Crippen LogP contribution is 2.35. The van der Waals surface area contributed by atoms with Crippen LogP contribution in [0.3, 0.4) is 0 Å². The number of rotatable bonds is 8. The van der Waals surface area contributed by atoms with E-state index in [0.717, 1.165) is 12.8 Å². The molecule has 0 aromatic rings. The highest BCUT2D eigenvalue weighted by atomic mass is 16.5. The molecule has 0 heterocycles. The van der Waals surface area contributed by atoms with Crippen molar-refractivity contribution in [3.8, 4) is 0 Å². The number of amides is 2. The van der Waals surface area contributed by atoms with Gasteiger partial charge >= 0.3 is 12.0 Å². The van der Waals surface area contributed by atoms with Gasteiger partial charge in [0.15, 0.2) is 0 Å². The molecule has 0 aliphatic heterocycles. The van der Waals surface area contributed by atoms with Crippen LogP contribution in [0.15, 0.2) is 0 Å². The van der Waals surface area contributed by atoms with Crippen LogP contribution in [0.5, 0.6) is 0 Å². The first-order valence-electron chi connectivity index (χ1n) is 7.19. The standard InChI is InChI=1S/C14H26N2O4/c1-5-12(13(17)18)15(3)14(19)16(8-9-20-4)10(2)11-6-7-11/h10-12H,5-9H2,1-4H3,(H,17,18). The number of hydrogen-bond acceptors (Lipinski definition) is 3. The Bertz CT molecular complexity index is 344. The van der Waals surface area contributed by atoms with Gasteiger partial charge in [0.1, 0.15) is 6.04 Å². The fourth-order valence-corrected chi connectivity index (χ4v) is 2.45. The average Bonchev–Trinajstić information content (AvgIpc) is 3.23. The molecule has 1 fully saturated rings. The van der Waals surface area contributed by atoms with E-state index in [-0.39, 0.29) is 12.1 Å². The third kappa shape index (κ3) is 4.10. The molecular weight excluding hydrogens is 260 g/mol. The van der Waals surface area contributed by atoms with Crippen molar-refractivity contribution in [2.45, 2.75) is 45.2 Å². The first-order chi connectivity index (χ1) is 9.43. The Kier molecular flexibility index (Phi) is 6.26. The minimum atomic E-state index is -0.964. The maximum Gasteiger partial charge on any atom is 0.326 e. The Morgan fingerprint density at radius 2 is 2.00 bits per heavy atom. The number of carbonyl (C=O) groups is 2. The Balaban J connectivity index is 2.77. The summed E-state index contributed by atoms with van der Waals surface area (Å²) < 4.78 is 5.06. The second-order valence-electron chi connectivity index (χ2n) is 5.42. The first-order valence-corrected chi connectivity index (χ1v) is 7.19. The van der Waals surface area contributed by atoms with Crippen LogP contribution < -0.4 is 0 Å². The molecule has 116 valence electrons. The lowest BCUT2D eigenvalue weighted by molar-refractivity contribution is -0.142. The summed E-state index contributed by atoms with van der Waals surface area (Å²) in [5.74, 6) is -0.428. The van der Waals surface area contributed by atoms with Crippen molar-refractivity contribution < 1.29 is 19.4 Å². The summed E-state index contributed by atoms with van der Waals surface area (Å²) in [6.07, 6.45) is 2.67. The summed E-state index contributed by atoms with van der Waals surface area (Å²) in [7, 11) is 3.16. The van der Waals surface area contributed by atoms with Crippen molar-refractivity contribution in [3.63, 3.8) is 0 Å². The molecule has 0 saturated heterocycles. The zero-order chi connectivity index (χ0) is 15.3. The molecule has 0 bridgehead atoms. The number of aliphatic carboxylic acids is 1. The molecule has 1 saturated carbocycles. The Labute approximate surface area is 120 Å². The van der Waals surface area contributed by atoms with Crippen LogP contribution >= 0.6 is 0 Å². The number of carboxylic acid groups (broad SMARTS) is 1. The van der Waals surface area contributed by atoms with Crippen molar-refractivity contribution in [2.75, 3.05) is 27.3 Å². The van der Waals surface area contributed by atoms with Crippen LogP contribution in [0.25, 0.3) is 0 Å². The van der Waals surface area contributed by atoms with Gasteiger partial charge in [0.25, 0.3) is 0 Å². The molecule has 0 spiro atoms. The van der Waals surface area contributed by atoms with E-state index in [4.69, 9.17) is 4.74 Å². The fraction of sp³-hybridized carbons (Fsp3) is 0.857. The van der Waals surface area contributed by atoms with Crippen LogP contribution in [0, 0.1) is 5.92 Å². The first kappa shape index (κ1) is 16.8. The zero-order valence-corrected chi connectivity index (χ0v) is 12.8. The van der Waals surface area contributed by atoms with Gasteiger partial charge in [-0.05, 0) is 32.1 Å². The Morgan fingerprint density at radius 1 is 1.40 bits per heavy atom. The van der Waals surface area contributed by atoms with Crippen LogP contribution in [0.4, 0.5) is 4.79 Å². The molecule has 2 atom stereocenters. The number of nitrogens with zero attached hydrogens (tertiary/aromatic N) is 2. The van der Waals surface area contributed by atoms with E-state index in [0.29, 0.717) is 25.5 Å². The highest BCUT2D eigenvalue weighted by molar-refractivity contribution is 5.82. The summed E-state index contributed by atoms with van der Waals surface area (Å²) in [5.41, 5.74) is 0. The largest absolute Gasteiger partial charge is 0.480 e. The maximum absolute atomic E-state index is 12.6. The van der Waals surface area contributed by atoms with E-state index >= 15 is 0 Å². The lowest BCUT2D eigenvalue weighted by Crippen LogP contribution is -2.52. The van der Waals surface area contributed by atoms with Gasteiger partial charge < -0.3 is 19.6 Å².